The molecule has 0 bridgehead atoms. The summed E-state index contributed by atoms with van der Waals surface area (Å²) in [6.45, 7) is 6.44. The number of halogens is 3. The monoisotopic (exact) mass is 442 g/mol. The van der Waals surface area contributed by atoms with Crippen molar-refractivity contribution in [1.82, 2.24) is 0 Å². The smallest absolute Gasteiger partial charge is 0.166 e. The third-order valence-corrected chi connectivity index (χ3v) is 7.50. The van der Waals surface area contributed by atoms with Gasteiger partial charge in [-0.3, -0.25) is 0 Å². The van der Waals surface area contributed by atoms with Gasteiger partial charge in [-0.1, -0.05) is 30.3 Å². The highest BCUT2D eigenvalue weighted by atomic mass is 19.2. The molecule has 0 aromatic heterocycles. The number of benzene rings is 2. The first-order valence-electron chi connectivity index (χ1n) is 12.0. The largest absolute Gasteiger partial charge is 0.378 e. The Labute approximate surface area is 189 Å². The van der Waals surface area contributed by atoms with Crippen molar-refractivity contribution < 1.29 is 17.9 Å². The van der Waals surface area contributed by atoms with Crippen LogP contribution in [0.5, 0.6) is 0 Å². The molecule has 0 spiro atoms. The molecule has 4 unspecified atom stereocenters. The van der Waals surface area contributed by atoms with Crippen molar-refractivity contribution in [2.24, 2.45) is 11.8 Å². The van der Waals surface area contributed by atoms with E-state index in [4.69, 9.17) is 4.74 Å². The van der Waals surface area contributed by atoms with E-state index >= 15 is 4.39 Å². The molecule has 2 aromatic carbocycles. The van der Waals surface area contributed by atoms with E-state index in [-0.39, 0.29) is 17.3 Å². The highest BCUT2D eigenvalue weighted by molar-refractivity contribution is 5.65. The Morgan fingerprint density at radius 1 is 0.969 bits per heavy atom. The molecule has 1 nitrogen and oxygen atoms in total. The van der Waals surface area contributed by atoms with Crippen LogP contribution in [0, 0.1) is 29.3 Å². The fraction of sp³-hybridized carbons (Fsp3) is 0.500. The van der Waals surface area contributed by atoms with Crippen molar-refractivity contribution >= 4 is 0 Å². The molecule has 4 atom stereocenters. The number of hydrogen-bond acceptors (Lipinski definition) is 1. The summed E-state index contributed by atoms with van der Waals surface area (Å²) in [7, 11) is 0. The average molecular weight is 443 g/mol. The maximum Gasteiger partial charge on any atom is 0.166 e. The Balaban J connectivity index is 1.49. The second-order valence-electron chi connectivity index (χ2n) is 9.38. The van der Waals surface area contributed by atoms with Gasteiger partial charge in [0, 0.05) is 12.2 Å². The normalized spacial score (nSPS) is 25.4. The molecule has 2 aromatic rings. The lowest BCUT2D eigenvalue weighted by Crippen LogP contribution is -2.33. The van der Waals surface area contributed by atoms with E-state index in [2.05, 4.69) is 6.58 Å². The predicted molar refractivity (Wildman–Crippen MR) is 123 cm³/mol. The van der Waals surface area contributed by atoms with Crippen molar-refractivity contribution in [3.05, 3.63) is 71.6 Å². The van der Waals surface area contributed by atoms with Gasteiger partial charge in [-0.05, 0) is 98.8 Å². The molecule has 2 aliphatic rings. The molecule has 172 valence electrons. The summed E-state index contributed by atoms with van der Waals surface area (Å²) in [4.78, 5) is 0. The van der Waals surface area contributed by atoms with Crippen molar-refractivity contribution in [3.63, 3.8) is 0 Å². The lowest BCUT2D eigenvalue weighted by Gasteiger charge is -2.42. The minimum atomic E-state index is -0.912. The molecule has 0 saturated heterocycles. The molecule has 4 rings (SSSR count). The average Bonchev–Trinajstić information content (AvgIpc) is 2.80. The van der Waals surface area contributed by atoms with Crippen LogP contribution in [0.1, 0.15) is 68.9 Å². The number of rotatable bonds is 7. The molecule has 0 N–H and O–H groups in total. The summed E-state index contributed by atoms with van der Waals surface area (Å²) in [5.74, 6) is -0.587. The maximum atomic E-state index is 15.1. The Kier molecular flexibility index (Phi) is 7.40. The van der Waals surface area contributed by atoms with E-state index in [0.29, 0.717) is 47.5 Å². The van der Waals surface area contributed by atoms with E-state index in [9.17, 15) is 8.78 Å². The first-order valence-corrected chi connectivity index (χ1v) is 12.0. The van der Waals surface area contributed by atoms with Crippen molar-refractivity contribution in [2.45, 2.75) is 70.3 Å². The summed E-state index contributed by atoms with van der Waals surface area (Å²) in [5, 5.41) is 0. The molecule has 2 saturated carbocycles. The summed E-state index contributed by atoms with van der Waals surface area (Å²) in [6, 6.07) is 8.02. The zero-order valence-electron chi connectivity index (χ0n) is 18.9. The third-order valence-electron chi connectivity index (χ3n) is 7.50. The van der Waals surface area contributed by atoms with Crippen LogP contribution in [0.3, 0.4) is 0 Å². The van der Waals surface area contributed by atoms with Gasteiger partial charge in [0.15, 0.2) is 11.6 Å². The van der Waals surface area contributed by atoms with Crippen LogP contribution >= 0.6 is 0 Å². The van der Waals surface area contributed by atoms with E-state index in [1.54, 1.807) is 30.3 Å². The molecule has 0 radical (unpaired) electrons. The first kappa shape index (κ1) is 23.1. The molecular weight excluding hydrogens is 409 g/mol. The topological polar surface area (TPSA) is 9.23 Å². The lowest BCUT2D eigenvalue weighted by molar-refractivity contribution is -0.00968. The summed E-state index contributed by atoms with van der Waals surface area (Å²) >= 11 is 0. The highest BCUT2D eigenvalue weighted by Gasteiger charge is 2.37. The second-order valence-corrected chi connectivity index (χ2v) is 9.38. The van der Waals surface area contributed by atoms with E-state index in [1.165, 1.54) is 6.07 Å². The lowest BCUT2D eigenvalue weighted by atomic mass is 9.65. The zero-order chi connectivity index (χ0) is 22.7. The van der Waals surface area contributed by atoms with Gasteiger partial charge in [0.2, 0.25) is 0 Å². The molecule has 4 heteroatoms. The summed E-state index contributed by atoms with van der Waals surface area (Å²) < 4.78 is 50.1. The number of aryl methyl sites for hydroxylation is 1. The summed E-state index contributed by atoms with van der Waals surface area (Å²) in [6.07, 6.45) is 9.48. The number of ether oxygens (including phenoxy) is 1. The molecule has 2 fully saturated rings. The molecule has 32 heavy (non-hydrogen) atoms. The van der Waals surface area contributed by atoms with Gasteiger partial charge in [0.1, 0.15) is 5.82 Å². The number of fused-ring (bicyclic) bond motifs is 1. The molecular formula is C28H33F3O. The van der Waals surface area contributed by atoms with Crippen LogP contribution in [0.15, 0.2) is 43.0 Å². The Morgan fingerprint density at radius 3 is 2.50 bits per heavy atom. The van der Waals surface area contributed by atoms with Crippen LogP contribution < -0.4 is 0 Å². The molecule has 0 aliphatic heterocycles. The zero-order valence-corrected chi connectivity index (χ0v) is 18.9. The van der Waals surface area contributed by atoms with Gasteiger partial charge in [-0.25, -0.2) is 13.2 Å². The minimum absolute atomic E-state index is 0.105. The van der Waals surface area contributed by atoms with Crippen molar-refractivity contribution in [2.75, 3.05) is 6.61 Å². The van der Waals surface area contributed by atoms with Crippen molar-refractivity contribution in [3.8, 4) is 11.1 Å². The highest BCUT2D eigenvalue weighted by Crippen LogP contribution is 2.47. The van der Waals surface area contributed by atoms with E-state index in [1.807, 2.05) is 6.92 Å². The second kappa shape index (κ2) is 10.2. The molecule has 0 heterocycles. The number of allylic oxidation sites excluding steroid dienone is 1. The Hall–Kier alpha value is -2.07. The standard InChI is InChI=1S/C28H33F3O/c1-3-5-6-18-10-14-25(28(31)27(18)30)22-11-13-24(26(29)17-22)21-8-7-20-16-23(32-4-2)12-9-19(20)15-21/h3,10-11,13-14,17,19-21,23H,1,4-9,12,15-16H2,2H3. The summed E-state index contributed by atoms with van der Waals surface area (Å²) in [5.41, 5.74) is 1.51. The van der Waals surface area contributed by atoms with Gasteiger partial charge in [-0.2, -0.15) is 0 Å². The quantitative estimate of drug-likeness (QED) is 0.395. The molecule has 2 aliphatic carbocycles. The van der Waals surface area contributed by atoms with Gasteiger partial charge >= 0.3 is 0 Å². The fourth-order valence-electron chi connectivity index (χ4n) is 5.80. The minimum Gasteiger partial charge on any atom is -0.378 e. The first-order chi connectivity index (χ1) is 15.5. The van der Waals surface area contributed by atoms with Crippen LogP contribution in [0.25, 0.3) is 11.1 Å². The SMILES string of the molecule is C=CCCc1ccc(-c2ccc(C3CCC4CC(OCC)CCC4C3)c(F)c2)c(F)c1F. The van der Waals surface area contributed by atoms with Gasteiger partial charge in [0.05, 0.1) is 6.10 Å². The third kappa shape index (κ3) is 4.80. The van der Waals surface area contributed by atoms with Gasteiger partial charge in [0.25, 0.3) is 0 Å². The Morgan fingerprint density at radius 2 is 1.75 bits per heavy atom. The van der Waals surface area contributed by atoms with Gasteiger partial charge in [-0.15, -0.1) is 6.58 Å². The van der Waals surface area contributed by atoms with Crippen LogP contribution in [0.4, 0.5) is 13.2 Å². The van der Waals surface area contributed by atoms with Crippen molar-refractivity contribution in [1.29, 1.82) is 0 Å². The van der Waals surface area contributed by atoms with E-state index < -0.39 is 11.6 Å². The van der Waals surface area contributed by atoms with Crippen LogP contribution in [-0.2, 0) is 11.2 Å². The van der Waals surface area contributed by atoms with Gasteiger partial charge < -0.3 is 4.74 Å². The van der Waals surface area contributed by atoms with Crippen LogP contribution in [0.2, 0.25) is 0 Å². The molecule has 0 amide bonds. The maximum absolute atomic E-state index is 15.1. The number of hydrogen-bond donors (Lipinski definition) is 0. The Bertz CT molecular complexity index is 954. The van der Waals surface area contributed by atoms with E-state index in [0.717, 1.165) is 45.1 Å². The fourth-order valence-corrected chi connectivity index (χ4v) is 5.80. The van der Waals surface area contributed by atoms with Crippen LogP contribution in [-0.4, -0.2) is 12.7 Å². The predicted octanol–water partition coefficient (Wildman–Crippen LogP) is 7.98.